The van der Waals surface area contributed by atoms with Gasteiger partial charge in [-0.1, -0.05) is 6.07 Å². The van der Waals surface area contributed by atoms with Gasteiger partial charge in [-0.15, -0.1) is 0 Å². The van der Waals surface area contributed by atoms with E-state index in [1.165, 1.54) is 7.11 Å². The van der Waals surface area contributed by atoms with Gasteiger partial charge in [0.05, 0.1) is 49.5 Å². The molecule has 0 N–H and O–H groups in total. The van der Waals surface area contributed by atoms with E-state index in [1.807, 2.05) is 25.1 Å². The van der Waals surface area contributed by atoms with Gasteiger partial charge in [0.1, 0.15) is 17.5 Å². The molecule has 1 aromatic heterocycles. The Hall–Kier alpha value is -3.33. The Balaban J connectivity index is 1.62. The predicted molar refractivity (Wildman–Crippen MR) is 121 cm³/mol. The third-order valence-electron chi connectivity index (χ3n) is 6.54. The number of fused-ring (bicyclic) bond motifs is 2. The Kier molecular flexibility index (Phi) is 5.81. The highest BCUT2D eigenvalue weighted by molar-refractivity contribution is 5.99. The average molecular weight is 469 g/mol. The lowest BCUT2D eigenvalue weighted by Gasteiger charge is -2.32. The largest absolute Gasteiger partial charge is 0.453 e. The molecule has 1 aliphatic carbocycles. The van der Waals surface area contributed by atoms with Gasteiger partial charge in [0.25, 0.3) is 0 Å². The first-order valence-corrected chi connectivity index (χ1v) is 11.3. The molecule has 9 heteroatoms. The van der Waals surface area contributed by atoms with Crippen molar-refractivity contribution in [2.45, 2.75) is 38.8 Å². The molecule has 1 fully saturated rings. The summed E-state index contributed by atoms with van der Waals surface area (Å²) >= 11 is 0. The second-order valence-electron chi connectivity index (χ2n) is 8.80. The Labute approximate surface area is 195 Å². The van der Waals surface area contributed by atoms with Gasteiger partial charge in [-0.3, -0.25) is 4.79 Å². The molecular weight excluding hydrogens is 444 g/mol. The van der Waals surface area contributed by atoms with E-state index in [-0.39, 0.29) is 41.4 Å². The molecule has 3 aromatic rings. The number of rotatable bonds is 3. The van der Waals surface area contributed by atoms with Gasteiger partial charge in [-0.05, 0) is 49.1 Å². The van der Waals surface area contributed by atoms with E-state index in [1.54, 1.807) is 9.47 Å². The number of ether oxygens (including phenoxy) is 2. The van der Waals surface area contributed by atoms with Crippen LogP contribution in [0.2, 0.25) is 0 Å². The van der Waals surface area contributed by atoms with Crippen molar-refractivity contribution in [3.63, 3.8) is 0 Å². The number of aromatic nitrogens is 2. The molecule has 1 atom stereocenters. The van der Waals surface area contributed by atoms with Crippen LogP contribution in [0.1, 0.15) is 34.3 Å². The molecular formula is C25H25F2N3O4. The third-order valence-corrected chi connectivity index (χ3v) is 6.54. The van der Waals surface area contributed by atoms with Crippen LogP contribution >= 0.6 is 0 Å². The predicted octanol–water partition coefficient (Wildman–Crippen LogP) is 4.28. The summed E-state index contributed by atoms with van der Waals surface area (Å²) in [6.07, 6.45) is 0.326. The molecule has 2 aliphatic rings. The first-order valence-electron chi connectivity index (χ1n) is 11.3. The molecule has 2 heterocycles. The number of carbonyl (C=O) groups excluding carboxylic acids is 2. The van der Waals surface area contributed by atoms with Crippen LogP contribution in [0.4, 0.5) is 13.6 Å². The van der Waals surface area contributed by atoms with Crippen molar-refractivity contribution >= 4 is 22.9 Å². The molecule has 1 amide bonds. The second kappa shape index (κ2) is 8.79. The molecule has 0 saturated carbocycles. The van der Waals surface area contributed by atoms with Crippen LogP contribution < -0.4 is 0 Å². The minimum absolute atomic E-state index is 0.118. The van der Waals surface area contributed by atoms with Crippen molar-refractivity contribution in [3.05, 3.63) is 52.6 Å². The molecule has 1 saturated heterocycles. The van der Waals surface area contributed by atoms with Gasteiger partial charge in [0.15, 0.2) is 5.78 Å². The highest BCUT2D eigenvalue weighted by Crippen LogP contribution is 2.35. The topological polar surface area (TPSA) is 73.7 Å². The van der Waals surface area contributed by atoms with E-state index >= 15 is 8.78 Å². The average Bonchev–Trinajstić information content (AvgIpc) is 3.16. The van der Waals surface area contributed by atoms with Crippen LogP contribution in [0.25, 0.3) is 22.4 Å². The number of imidazole rings is 1. The van der Waals surface area contributed by atoms with Gasteiger partial charge >= 0.3 is 6.09 Å². The summed E-state index contributed by atoms with van der Waals surface area (Å²) in [6.45, 7) is 3.16. The van der Waals surface area contributed by atoms with Crippen molar-refractivity contribution in [3.8, 4) is 11.4 Å². The minimum Gasteiger partial charge on any atom is -0.453 e. The highest BCUT2D eigenvalue weighted by Gasteiger charge is 2.31. The van der Waals surface area contributed by atoms with Crippen molar-refractivity contribution < 1.29 is 27.8 Å². The smallest absolute Gasteiger partial charge is 0.409 e. The van der Waals surface area contributed by atoms with Crippen LogP contribution in [0.3, 0.4) is 0 Å². The van der Waals surface area contributed by atoms with Crippen molar-refractivity contribution in [2.75, 3.05) is 26.8 Å². The van der Waals surface area contributed by atoms with Gasteiger partial charge in [-0.2, -0.15) is 0 Å². The molecule has 2 aromatic carbocycles. The number of benzene rings is 2. The highest BCUT2D eigenvalue weighted by atomic mass is 19.1. The Morgan fingerprint density at radius 2 is 2.09 bits per heavy atom. The summed E-state index contributed by atoms with van der Waals surface area (Å²) in [5, 5.41) is 0. The van der Waals surface area contributed by atoms with Gasteiger partial charge < -0.3 is 18.9 Å². The third kappa shape index (κ3) is 3.83. The first-order chi connectivity index (χ1) is 16.4. The Morgan fingerprint density at radius 1 is 1.26 bits per heavy atom. The molecule has 34 heavy (non-hydrogen) atoms. The van der Waals surface area contributed by atoms with Gasteiger partial charge in [0, 0.05) is 18.5 Å². The number of hydrogen-bond acceptors (Lipinski definition) is 5. The SMILES string of the molecule is COC(=O)N1CCO[C@@H](Cn2c(-c3c(F)cc4c(c3F)CCCC4=O)nc3cc(C)ccc32)C1. The van der Waals surface area contributed by atoms with Crippen LogP contribution in [-0.2, 0) is 22.4 Å². The van der Waals surface area contributed by atoms with E-state index in [9.17, 15) is 9.59 Å². The maximum absolute atomic E-state index is 15.7. The summed E-state index contributed by atoms with van der Waals surface area (Å²) in [6, 6.07) is 6.76. The molecule has 7 nitrogen and oxygen atoms in total. The number of nitrogens with zero attached hydrogens (tertiary/aromatic N) is 3. The monoisotopic (exact) mass is 469 g/mol. The van der Waals surface area contributed by atoms with Crippen molar-refractivity contribution in [2.24, 2.45) is 0 Å². The van der Waals surface area contributed by atoms with Crippen molar-refractivity contribution in [1.82, 2.24) is 14.5 Å². The maximum atomic E-state index is 15.7. The van der Waals surface area contributed by atoms with Gasteiger partial charge in [-0.25, -0.2) is 18.6 Å². The van der Waals surface area contributed by atoms with Crippen LogP contribution in [-0.4, -0.2) is 59.2 Å². The maximum Gasteiger partial charge on any atom is 0.409 e. The number of ketones is 1. The quantitative estimate of drug-likeness (QED) is 0.573. The fraction of sp³-hybridized carbons (Fsp3) is 0.400. The van der Waals surface area contributed by atoms with E-state index in [0.717, 1.165) is 11.6 Å². The number of morpholine rings is 1. The number of halogens is 2. The lowest BCUT2D eigenvalue weighted by molar-refractivity contribution is -0.0310. The zero-order valence-electron chi connectivity index (χ0n) is 19.1. The Bertz CT molecular complexity index is 1300. The molecule has 178 valence electrons. The lowest BCUT2D eigenvalue weighted by Crippen LogP contribution is -2.47. The van der Waals surface area contributed by atoms with Gasteiger partial charge in [0.2, 0.25) is 0 Å². The standard InChI is InChI=1S/C25H25F2N3O4/c1-14-6-7-20-19(10-14)28-24(30(20)13-15-12-29(8-9-34-15)25(32)33-2)22-18(26)11-17-16(23(22)27)4-3-5-21(17)31/h6-7,10-11,15H,3-5,8-9,12-13H2,1-2H3/t15-/m1/s1. The first kappa shape index (κ1) is 22.5. The van der Waals surface area contributed by atoms with E-state index in [2.05, 4.69) is 4.98 Å². The molecule has 5 rings (SSSR count). The molecule has 1 aliphatic heterocycles. The van der Waals surface area contributed by atoms with Crippen LogP contribution in [0, 0.1) is 18.6 Å². The summed E-state index contributed by atoms with van der Waals surface area (Å²) in [5.74, 6) is -1.67. The van der Waals surface area contributed by atoms with Crippen LogP contribution in [0.15, 0.2) is 24.3 Å². The summed E-state index contributed by atoms with van der Waals surface area (Å²) in [4.78, 5) is 30.4. The van der Waals surface area contributed by atoms with Crippen molar-refractivity contribution in [1.29, 1.82) is 0 Å². The second-order valence-corrected chi connectivity index (χ2v) is 8.80. The van der Waals surface area contributed by atoms with Crippen LogP contribution in [0.5, 0.6) is 0 Å². The Morgan fingerprint density at radius 3 is 2.88 bits per heavy atom. The number of amides is 1. The normalized spacial score (nSPS) is 18.3. The molecule has 0 bridgehead atoms. The summed E-state index contributed by atoms with van der Waals surface area (Å²) in [5.41, 5.74) is 2.38. The number of hydrogen-bond donors (Lipinski definition) is 0. The van der Waals surface area contributed by atoms with E-state index < -0.39 is 23.8 Å². The van der Waals surface area contributed by atoms with E-state index in [4.69, 9.17) is 9.47 Å². The summed E-state index contributed by atoms with van der Waals surface area (Å²) < 4.78 is 43.5. The molecule has 0 radical (unpaired) electrons. The lowest BCUT2D eigenvalue weighted by atomic mass is 9.88. The zero-order valence-corrected chi connectivity index (χ0v) is 19.1. The number of carbonyl (C=O) groups is 2. The van der Waals surface area contributed by atoms with E-state index in [0.29, 0.717) is 43.4 Å². The molecule has 0 unspecified atom stereocenters. The zero-order chi connectivity index (χ0) is 24.0. The summed E-state index contributed by atoms with van der Waals surface area (Å²) in [7, 11) is 1.32. The fourth-order valence-corrected chi connectivity index (χ4v) is 4.86. The molecule has 0 spiro atoms. The minimum atomic E-state index is -0.819. The fourth-order valence-electron chi connectivity index (χ4n) is 4.86. The number of Topliss-reactive ketones (excluding diaryl/α,β-unsaturated/α-hetero) is 1. The number of aryl methyl sites for hydroxylation is 1. The number of methoxy groups -OCH3 is 1.